The van der Waals surface area contributed by atoms with Crippen LogP contribution in [-0.2, 0) is 14.6 Å². The predicted octanol–water partition coefficient (Wildman–Crippen LogP) is 11.5. The van der Waals surface area contributed by atoms with Crippen LogP contribution in [0, 0.1) is 0 Å². The summed E-state index contributed by atoms with van der Waals surface area (Å²) in [6.45, 7) is 6.47. The molecule has 1 N–H and O–H groups in total. The van der Waals surface area contributed by atoms with Gasteiger partial charge in [-0.05, 0) is 19.8 Å². The molecule has 1 heterocycles. The van der Waals surface area contributed by atoms with Crippen molar-refractivity contribution in [3.05, 3.63) is 0 Å². The molecule has 0 spiro atoms. The van der Waals surface area contributed by atoms with Crippen molar-refractivity contribution in [2.24, 2.45) is 0 Å². The molecule has 0 aliphatic carbocycles. The molecule has 0 radical (unpaired) electrons. The largest absolute Gasteiger partial charge is 0.481 e. The van der Waals surface area contributed by atoms with E-state index in [-0.39, 0.29) is 12.0 Å². The SMILES string of the molecule is CCCCCCCCCCCCCCC1(CCCCCCCCCCCCCC)C[C@](C)(CC(=O)O)OO1. The van der Waals surface area contributed by atoms with E-state index in [1.165, 1.54) is 141 Å². The third-order valence-electron chi connectivity index (χ3n) is 8.61. The van der Waals surface area contributed by atoms with Crippen molar-refractivity contribution in [1.29, 1.82) is 0 Å². The molecule has 1 aliphatic rings. The van der Waals surface area contributed by atoms with Crippen LogP contribution in [-0.4, -0.2) is 22.3 Å². The minimum absolute atomic E-state index is 0.0195. The molecule has 1 fully saturated rings. The van der Waals surface area contributed by atoms with Gasteiger partial charge >= 0.3 is 5.97 Å². The van der Waals surface area contributed by atoms with Gasteiger partial charge in [-0.2, -0.15) is 0 Å². The highest BCUT2D eigenvalue weighted by Gasteiger charge is 2.49. The third kappa shape index (κ3) is 18.6. The Bertz CT molecular complexity index is 521. The summed E-state index contributed by atoms with van der Waals surface area (Å²) in [5.41, 5.74) is -0.985. The summed E-state index contributed by atoms with van der Waals surface area (Å²) in [5.74, 6) is -0.803. The Hall–Kier alpha value is -0.610. The van der Waals surface area contributed by atoms with Gasteiger partial charge in [-0.15, -0.1) is 0 Å². The molecule has 4 nitrogen and oxygen atoms in total. The van der Waals surface area contributed by atoms with Crippen molar-refractivity contribution in [3.8, 4) is 0 Å². The molecule has 0 bridgehead atoms. The number of carboxylic acid groups (broad SMARTS) is 1. The molecule has 0 saturated carbocycles. The summed E-state index contributed by atoms with van der Waals surface area (Å²) >= 11 is 0. The summed E-state index contributed by atoms with van der Waals surface area (Å²) in [7, 11) is 0. The summed E-state index contributed by atoms with van der Waals surface area (Å²) in [6.07, 6.45) is 35.1. The van der Waals surface area contributed by atoms with Crippen LogP contribution in [0.4, 0.5) is 0 Å². The van der Waals surface area contributed by atoms with E-state index in [0.29, 0.717) is 6.42 Å². The lowest BCUT2D eigenvalue weighted by molar-refractivity contribution is -0.349. The number of carbonyl (C=O) groups is 1. The fraction of sp³-hybridized carbons (Fsp3) is 0.971. The van der Waals surface area contributed by atoms with E-state index in [0.717, 1.165) is 25.7 Å². The average Bonchev–Trinajstić information content (AvgIpc) is 3.20. The Morgan fingerprint density at radius 2 is 0.868 bits per heavy atom. The maximum absolute atomic E-state index is 11.4. The molecule has 1 saturated heterocycles. The number of aliphatic carboxylic acids is 1. The molecule has 0 aromatic rings. The first-order valence-corrected chi connectivity index (χ1v) is 17.0. The molecular formula is C34H66O4. The lowest BCUT2D eigenvalue weighted by atomic mass is 9.80. The van der Waals surface area contributed by atoms with E-state index in [2.05, 4.69) is 13.8 Å². The topological polar surface area (TPSA) is 55.8 Å². The van der Waals surface area contributed by atoms with Gasteiger partial charge in [-0.1, -0.05) is 168 Å². The second kappa shape index (κ2) is 23.1. The number of carboxylic acids is 1. The summed E-state index contributed by atoms with van der Waals surface area (Å²) in [4.78, 5) is 23.1. The summed E-state index contributed by atoms with van der Waals surface area (Å²) in [6, 6.07) is 0. The van der Waals surface area contributed by atoms with Crippen LogP contribution in [0.25, 0.3) is 0 Å². The first kappa shape index (κ1) is 35.4. The van der Waals surface area contributed by atoms with Crippen LogP contribution in [0.1, 0.15) is 201 Å². The van der Waals surface area contributed by atoms with Crippen molar-refractivity contribution in [2.75, 3.05) is 0 Å². The van der Waals surface area contributed by atoms with Crippen molar-refractivity contribution in [2.45, 2.75) is 212 Å². The van der Waals surface area contributed by atoms with Gasteiger partial charge in [0.15, 0.2) is 0 Å². The highest BCUT2D eigenvalue weighted by molar-refractivity contribution is 5.68. The van der Waals surface area contributed by atoms with E-state index in [1.807, 2.05) is 6.92 Å². The molecule has 1 aliphatic heterocycles. The van der Waals surface area contributed by atoms with Crippen molar-refractivity contribution in [1.82, 2.24) is 0 Å². The van der Waals surface area contributed by atoms with Gasteiger partial charge < -0.3 is 5.11 Å². The second-order valence-electron chi connectivity index (χ2n) is 12.8. The lowest BCUT2D eigenvalue weighted by Gasteiger charge is -2.27. The predicted molar refractivity (Wildman–Crippen MR) is 162 cm³/mol. The second-order valence-corrected chi connectivity index (χ2v) is 12.8. The van der Waals surface area contributed by atoms with Gasteiger partial charge in [0.05, 0.1) is 6.42 Å². The van der Waals surface area contributed by atoms with Crippen LogP contribution in [0.2, 0.25) is 0 Å². The van der Waals surface area contributed by atoms with E-state index in [9.17, 15) is 9.90 Å². The van der Waals surface area contributed by atoms with Gasteiger partial charge in [0.25, 0.3) is 0 Å². The Labute approximate surface area is 237 Å². The van der Waals surface area contributed by atoms with E-state index >= 15 is 0 Å². The van der Waals surface area contributed by atoms with Crippen LogP contribution in [0.5, 0.6) is 0 Å². The summed E-state index contributed by atoms with van der Waals surface area (Å²) < 4.78 is 0. The summed E-state index contributed by atoms with van der Waals surface area (Å²) in [5, 5.41) is 9.35. The normalized spacial score (nSPS) is 18.8. The molecular weight excluding hydrogens is 472 g/mol. The van der Waals surface area contributed by atoms with Gasteiger partial charge in [0.1, 0.15) is 11.2 Å². The zero-order valence-electron chi connectivity index (χ0n) is 26.0. The fourth-order valence-corrected chi connectivity index (χ4v) is 6.30. The van der Waals surface area contributed by atoms with E-state index in [4.69, 9.17) is 9.78 Å². The average molecular weight is 539 g/mol. The highest BCUT2D eigenvalue weighted by atomic mass is 17.2. The van der Waals surface area contributed by atoms with Crippen molar-refractivity contribution >= 4 is 5.97 Å². The zero-order valence-corrected chi connectivity index (χ0v) is 26.0. The minimum atomic E-state index is -0.803. The van der Waals surface area contributed by atoms with Crippen molar-refractivity contribution < 1.29 is 19.7 Å². The lowest BCUT2D eigenvalue weighted by Crippen LogP contribution is -2.32. The van der Waals surface area contributed by atoms with Crippen LogP contribution < -0.4 is 0 Å². The maximum Gasteiger partial charge on any atom is 0.306 e. The van der Waals surface area contributed by atoms with E-state index in [1.54, 1.807) is 0 Å². The van der Waals surface area contributed by atoms with Crippen LogP contribution in [0.3, 0.4) is 0 Å². The Kier molecular flexibility index (Phi) is 21.6. The fourth-order valence-electron chi connectivity index (χ4n) is 6.30. The molecule has 0 unspecified atom stereocenters. The number of hydrogen-bond donors (Lipinski definition) is 1. The minimum Gasteiger partial charge on any atom is -0.481 e. The maximum atomic E-state index is 11.4. The molecule has 0 aromatic heterocycles. The monoisotopic (exact) mass is 538 g/mol. The number of rotatable bonds is 28. The van der Waals surface area contributed by atoms with Gasteiger partial charge in [0.2, 0.25) is 0 Å². The Balaban J connectivity index is 2.21. The Morgan fingerprint density at radius 3 is 1.18 bits per heavy atom. The molecule has 0 amide bonds. The number of unbranched alkanes of at least 4 members (excludes halogenated alkanes) is 22. The molecule has 226 valence electrons. The van der Waals surface area contributed by atoms with Crippen molar-refractivity contribution in [3.63, 3.8) is 0 Å². The molecule has 1 atom stereocenters. The van der Waals surface area contributed by atoms with Gasteiger partial charge in [-0.3, -0.25) is 4.79 Å². The van der Waals surface area contributed by atoms with Gasteiger partial charge in [-0.25, -0.2) is 9.78 Å². The van der Waals surface area contributed by atoms with Crippen LogP contribution >= 0.6 is 0 Å². The first-order valence-electron chi connectivity index (χ1n) is 17.0. The van der Waals surface area contributed by atoms with Crippen LogP contribution in [0.15, 0.2) is 0 Å². The Morgan fingerprint density at radius 1 is 0.553 bits per heavy atom. The molecule has 38 heavy (non-hydrogen) atoms. The van der Waals surface area contributed by atoms with E-state index < -0.39 is 11.6 Å². The number of hydrogen-bond acceptors (Lipinski definition) is 3. The standard InChI is InChI=1S/C34H66O4/c1-4-6-8-10-12-14-16-18-20-22-24-26-28-34(31-33(3,37-38-34)30-32(35)36)29-27-25-23-21-19-17-15-13-11-9-7-5-2/h4-31H2,1-3H3,(H,35,36)/t33-/m0/s1. The van der Waals surface area contributed by atoms with Gasteiger partial charge in [0, 0.05) is 6.42 Å². The molecule has 0 aromatic carbocycles. The molecule has 4 heteroatoms. The molecule has 1 rings (SSSR count). The first-order chi connectivity index (χ1) is 18.5. The highest BCUT2D eigenvalue weighted by Crippen LogP contribution is 2.44. The quantitative estimate of drug-likeness (QED) is 0.0794. The zero-order chi connectivity index (χ0) is 27.8. The smallest absolute Gasteiger partial charge is 0.306 e. The third-order valence-corrected chi connectivity index (χ3v) is 8.61.